The van der Waals surface area contributed by atoms with Crippen molar-refractivity contribution in [3.05, 3.63) is 0 Å². The molecule has 1 atom stereocenters. The molecule has 0 aromatic heterocycles. The standard InChI is InChI=1S/C3H8N2O/c4-3(5)1-2(3)6/h2,6H,1,4-5H2. The minimum atomic E-state index is -0.736. The quantitative estimate of drug-likeness (QED) is 0.311. The van der Waals surface area contributed by atoms with Crippen molar-refractivity contribution >= 4 is 0 Å². The van der Waals surface area contributed by atoms with Gasteiger partial charge in [-0.3, -0.25) is 0 Å². The lowest BCUT2D eigenvalue weighted by atomic mass is 10.6. The summed E-state index contributed by atoms with van der Waals surface area (Å²) in [6.07, 6.45) is 0.102. The van der Waals surface area contributed by atoms with Gasteiger partial charge in [-0.25, -0.2) is 0 Å². The molecule has 1 unspecified atom stereocenters. The summed E-state index contributed by atoms with van der Waals surface area (Å²) in [5.74, 6) is 0. The van der Waals surface area contributed by atoms with Crippen LogP contribution in [0.15, 0.2) is 0 Å². The van der Waals surface area contributed by atoms with Crippen molar-refractivity contribution in [1.82, 2.24) is 0 Å². The molecule has 6 heavy (non-hydrogen) atoms. The zero-order valence-electron chi connectivity index (χ0n) is 3.39. The molecular weight excluding hydrogens is 80.0 g/mol. The lowest BCUT2D eigenvalue weighted by molar-refractivity contribution is 0.250. The summed E-state index contributed by atoms with van der Waals surface area (Å²) < 4.78 is 0. The third-order valence-electron chi connectivity index (χ3n) is 1.01. The van der Waals surface area contributed by atoms with Gasteiger partial charge >= 0.3 is 0 Å². The Morgan fingerprint density at radius 3 is 1.83 bits per heavy atom. The number of aliphatic hydroxyl groups is 1. The summed E-state index contributed by atoms with van der Waals surface area (Å²) in [7, 11) is 0. The van der Waals surface area contributed by atoms with Gasteiger partial charge in [0.05, 0.1) is 11.8 Å². The molecule has 0 aromatic rings. The molecule has 0 amide bonds. The monoisotopic (exact) mass is 88.1 g/mol. The van der Waals surface area contributed by atoms with Crippen molar-refractivity contribution in [3.8, 4) is 0 Å². The molecule has 0 aromatic carbocycles. The average molecular weight is 88.1 g/mol. The van der Waals surface area contributed by atoms with Gasteiger partial charge in [-0.1, -0.05) is 0 Å². The van der Waals surface area contributed by atoms with E-state index in [2.05, 4.69) is 0 Å². The second-order valence-electron chi connectivity index (χ2n) is 1.83. The Bertz CT molecular complexity index is 71.2. The Morgan fingerprint density at radius 1 is 1.67 bits per heavy atom. The predicted molar refractivity (Wildman–Crippen MR) is 21.7 cm³/mol. The van der Waals surface area contributed by atoms with Crippen LogP contribution < -0.4 is 11.5 Å². The highest BCUT2D eigenvalue weighted by molar-refractivity contribution is 5.03. The van der Waals surface area contributed by atoms with Crippen LogP contribution in [0.4, 0.5) is 0 Å². The molecule has 1 rings (SSSR count). The van der Waals surface area contributed by atoms with Crippen LogP contribution in [0.1, 0.15) is 6.42 Å². The van der Waals surface area contributed by atoms with Gasteiger partial charge in [0.25, 0.3) is 0 Å². The molecule has 5 N–H and O–H groups in total. The maximum absolute atomic E-state index is 8.44. The molecule has 3 heteroatoms. The summed E-state index contributed by atoms with van der Waals surface area (Å²) in [5, 5.41) is 8.44. The molecular formula is C3H8N2O. The summed E-state index contributed by atoms with van der Waals surface area (Å²) >= 11 is 0. The first kappa shape index (κ1) is 4.05. The van der Waals surface area contributed by atoms with E-state index < -0.39 is 11.8 Å². The summed E-state index contributed by atoms with van der Waals surface area (Å²) in [5.41, 5.74) is 9.54. The molecule has 0 heterocycles. The van der Waals surface area contributed by atoms with Gasteiger partial charge in [0.15, 0.2) is 0 Å². The molecule has 0 bridgehead atoms. The Balaban J connectivity index is 2.41. The van der Waals surface area contributed by atoms with Crippen LogP contribution in [0.5, 0.6) is 0 Å². The zero-order chi connectivity index (χ0) is 4.78. The van der Waals surface area contributed by atoms with Gasteiger partial charge in [-0.05, 0) is 0 Å². The van der Waals surface area contributed by atoms with E-state index in [0.29, 0.717) is 6.42 Å². The molecule has 1 aliphatic rings. The normalized spacial score (nSPS) is 39.5. The van der Waals surface area contributed by atoms with Crippen LogP contribution in [0, 0.1) is 0 Å². The van der Waals surface area contributed by atoms with Crippen LogP contribution in [0.25, 0.3) is 0 Å². The summed E-state index contributed by atoms with van der Waals surface area (Å²) in [4.78, 5) is 0. The number of nitrogens with two attached hydrogens (primary N) is 2. The summed E-state index contributed by atoms with van der Waals surface area (Å²) in [6.45, 7) is 0. The van der Waals surface area contributed by atoms with Crippen LogP contribution in [-0.2, 0) is 0 Å². The molecule has 3 nitrogen and oxygen atoms in total. The molecule has 1 fully saturated rings. The van der Waals surface area contributed by atoms with Crippen molar-refractivity contribution in [2.24, 2.45) is 11.5 Å². The molecule has 36 valence electrons. The van der Waals surface area contributed by atoms with Crippen LogP contribution in [0.3, 0.4) is 0 Å². The highest BCUT2D eigenvalue weighted by Crippen LogP contribution is 2.25. The number of aliphatic hydroxyl groups excluding tert-OH is 1. The van der Waals surface area contributed by atoms with E-state index >= 15 is 0 Å². The third-order valence-corrected chi connectivity index (χ3v) is 1.01. The van der Waals surface area contributed by atoms with Gasteiger partial charge in [-0.2, -0.15) is 0 Å². The number of hydrogen-bond donors (Lipinski definition) is 3. The number of rotatable bonds is 0. The minimum absolute atomic E-state index is 0.447. The lowest BCUT2D eigenvalue weighted by Crippen LogP contribution is -2.37. The second kappa shape index (κ2) is 0.753. The average Bonchev–Trinajstić information content (AvgIpc) is 1.73. The Hall–Kier alpha value is -0.120. The summed E-state index contributed by atoms with van der Waals surface area (Å²) in [6, 6.07) is 0. The molecule has 0 spiro atoms. The van der Waals surface area contributed by atoms with E-state index in [1.165, 1.54) is 0 Å². The van der Waals surface area contributed by atoms with E-state index in [0.717, 1.165) is 0 Å². The largest absolute Gasteiger partial charge is 0.390 e. The first-order chi connectivity index (χ1) is 2.63. The van der Waals surface area contributed by atoms with Crippen molar-refractivity contribution in [1.29, 1.82) is 0 Å². The fourth-order valence-corrected chi connectivity index (χ4v) is 0.276. The fourth-order valence-electron chi connectivity index (χ4n) is 0.276. The maximum Gasteiger partial charge on any atom is 0.0930 e. The Morgan fingerprint density at radius 2 is 1.83 bits per heavy atom. The van der Waals surface area contributed by atoms with Crippen molar-refractivity contribution in [2.45, 2.75) is 18.2 Å². The highest BCUT2D eigenvalue weighted by atomic mass is 16.3. The predicted octanol–water partition coefficient (Wildman–Crippen LogP) is -1.64. The van der Waals surface area contributed by atoms with Crippen LogP contribution >= 0.6 is 0 Å². The second-order valence-corrected chi connectivity index (χ2v) is 1.83. The third kappa shape index (κ3) is 0.408. The van der Waals surface area contributed by atoms with Crippen molar-refractivity contribution in [3.63, 3.8) is 0 Å². The molecule has 0 radical (unpaired) electrons. The van der Waals surface area contributed by atoms with Gasteiger partial charge in [0.1, 0.15) is 0 Å². The first-order valence-electron chi connectivity index (χ1n) is 1.89. The van der Waals surface area contributed by atoms with Gasteiger partial charge in [0.2, 0.25) is 0 Å². The van der Waals surface area contributed by atoms with Crippen molar-refractivity contribution in [2.75, 3.05) is 0 Å². The molecule has 0 saturated heterocycles. The van der Waals surface area contributed by atoms with E-state index in [-0.39, 0.29) is 0 Å². The van der Waals surface area contributed by atoms with E-state index in [1.54, 1.807) is 0 Å². The first-order valence-corrected chi connectivity index (χ1v) is 1.89. The molecule has 1 aliphatic carbocycles. The van der Waals surface area contributed by atoms with Crippen LogP contribution in [0.2, 0.25) is 0 Å². The van der Waals surface area contributed by atoms with Crippen LogP contribution in [-0.4, -0.2) is 16.9 Å². The molecule has 0 aliphatic heterocycles. The smallest absolute Gasteiger partial charge is 0.0930 e. The van der Waals surface area contributed by atoms with Gasteiger partial charge < -0.3 is 16.6 Å². The SMILES string of the molecule is NC1(N)CC1O. The highest BCUT2D eigenvalue weighted by Gasteiger charge is 2.46. The fraction of sp³-hybridized carbons (Fsp3) is 1.00. The van der Waals surface area contributed by atoms with E-state index in [1.807, 2.05) is 0 Å². The van der Waals surface area contributed by atoms with Crippen molar-refractivity contribution < 1.29 is 5.11 Å². The minimum Gasteiger partial charge on any atom is -0.390 e. The van der Waals surface area contributed by atoms with Gasteiger partial charge in [0, 0.05) is 6.42 Å². The lowest BCUT2D eigenvalue weighted by Gasteiger charge is -1.93. The zero-order valence-corrected chi connectivity index (χ0v) is 3.39. The maximum atomic E-state index is 8.44. The Labute approximate surface area is 35.9 Å². The van der Waals surface area contributed by atoms with E-state index in [9.17, 15) is 0 Å². The van der Waals surface area contributed by atoms with E-state index in [4.69, 9.17) is 16.6 Å². The molecule has 1 saturated carbocycles. The Kier molecular flexibility index (Phi) is 0.508. The topological polar surface area (TPSA) is 72.3 Å². The number of hydrogen-bond acceptors (Lipinski definition) is 3. The van der Waals surface area contributed by atoms with Gasteiger partial charge in [-0.15, -0.1) is 0 Å².